The van der Waals surface area contributed by atoms with Gasteiger partial charge in [-0.1, -0.05) is 76.6 Å². The molecule has 5 aromatic rings. The van der Waals surface area contributed by atoms with Crippen LogP contribution in [0.1, 0.15) is 32.3 Å². The van der Waals surface area contributed by atoms with E-state index in [1.807, 2.05) is 54.6 Å². The summed E-state index contributed by atoms with van der Waals surface area (Å²) in [4.78, 5) is 51.4. The van der Waals surface area contributed by atoms with Gasteiger partial charge in [-0.2, -0.15) is 0 Å². The van der Waals surface area contributed by atoms with Gasteiger partial charge < -0.3 is 16.0 Å². The molecular weight excluding hydrogens is 692 g/mol. The minimum atomic E-state index is -0.644. The zero-order valence-electron chi connectivity index (χ0n) is 25.6. The van der Waals surface area contributed by atoms with Crippen LogP contribution in [0, 0.1) is 17.0 Å². The van der Waals surface area contributed by atoms with Crippen LogP contribution in [0.4, 0.5) is 17.1 Å². The van der Waals surface area contributed by atoms with E-state index in [4.69, 9.17) is 0 Å². The van der Waals surface area contributed by atoms with Crippen molar-refractivity contribution in [2.45, 2.75) is 17.1 Å². The molecule has 1 atom stereocenters. The highest BCUT2D eigenvalue weighted by Gasteiger charge is 2.23. The van der Waals surface area contributed by atoms with Gasteiger partial charge in [0.25, 0.3) is 17.5 Å². The number of hydrogen-bond donors (Lipinski definition) is 3. The van der Waals surface area contributed by atoms with Crippen LogP contribution in [0.25, 0.3) is 6.08 Å². The maximum atomic E-state index is 13.6. The third-order valence-electron chi connectivity index (χ3n) is 7.07. The lowest BCUT2D eigenvalue weighted by Crippen LogP contribution is -2.30. The molecule has 1 unspecified atom stereocenters. The summed E-state index contributed by atoms with van der Waals surface area (Å²) in [5.74, 6) is -1.23. The van der Waals surface area contributed by atoms with Crippen LogP contribution in [-0.2, 0) is 9.59 Å². The summed E-state index contributed by atoms with van der Waals surface area (Å²) >= 11 is 4.76. The van der Waals surface area contributed by atoms with Crippen LogP contribution in [0.3, 0.4) is 0 Å². The Balaban J connectivity index is 1.33. The predicted molar refractivity (Wildman–Crippen MR) is 193 cm³/mol. The van der Waals surface area contributed by atoms with Crippen molar-refractivity contribution < 1.29 is 19.3 Å². The number of thioether (sulfide) groups is 1. The van der Waals surface area contributed by atoms with Gasteiger partial charge in [0, 0.05) is 38.4 Å². The molecule has 0 spiro atoms. The lowest BCUT2D eigenvalue weighted by atomic mass is 10.1. The highest BCUT2D eigenvalue weighted by molar-refractivity contribution is 9.10. The first-order chi connectivity index (χ1) is 23.2. The molecule has 0 aliphatic rings. The molecule has 5 rings (SSSR count). The van der Waals surface area contributed by atoms with E-state index in [1.54, 1.807) is 67.6 Å². The van der Waals surface area contributed by atoms with Crippen molar-refractivity contribution in [2.75, 3.05) is 10.6 Å². The molecule has 9 nitrogen and oxygen atoms in total. The molecule has 5 aromatic carbocycles. The molecule has 240 valence electrons. The molecule has 0 radical (unpaired) electrons. The number of rotatable bonds is 11. The molecule has 0 saturated heterocycles. The van der Waals surface area contributed by atoms with Crippen LogP contribution in [0.15, 0.2) is 142 Å². The van der Waals surface area contributed by atoms with E-state index >= 15 is 0 Å². The molecular formula is C37H29BrN4O5S. The number of aryl methyl sites for hydroxylation is 1. The second-order valence-corrected chi connectivity index (χ2v) is 12.7. The van der Waals surface area contributed by atoms with Crippen LogP contribution in [0.5, 0.6) is 0 Å². The second-order valence-electron chi connectivity index (χ2n) is 10.6. The van der Waals surface area contributed by atoms with Gasteiger partial charge in [-0.25, -0.2) is 0 Å². The van der Waals surface area contributed by atoms with Gasteiger partial charge in [0.2, 0.25) is 5.91 Å². The number of hydrogen-bond acceptors (Lipinski definition) is 6. The molecule has 3 N–H and O–H groups in total. The van der Waals surface area contributed by atoms with Crippen molar-refractivity contribution in [1.29, 1.82) is 0 Å². The highest BCUT2D eigenvalue weighted by atomic mass is 79.9. The van der Waals surface area contributed by atoms with E-state index in [2.05, 4.69) is 31.9 Å². The monoisotopic (exact) mass is 720 g/mol. The zero-order valence-corrected chi connectivity index (χ0v) is 28.0. The third-order valence-corrected chi connectivity index (χ3v) is 8.83. The Morgan fingerprint density at radius 1 is 0.812 bits per heavy atom. The Bertz CT molecular complexity index is 1990. The van der Waals surface area contributed by atoms with E-state index in [-0.39, 0.29) is 17.3 Å². The number of carbonyl (C=O) groups excluding carboxylic acids is 3. The lowest BCUT2D eigenvalue weighted by Gasteiger charge is -2.18. The van der Waals surface area contributed by atoms with Crippen LogP contribution >= 0.6 is 27.7 Å². The number of nitrogens with one attached hydrogen (secondary N) is 3. The van der Waals surface area contributed by atoms with E-state index in [9.17, 15) is 24.5 Å². The van der Waals surface area contributed by atoms with Gasteiger partial charge in [-0.15, -0.1) is 11.8 Å². The minimum Gasteiger partial charge on any atom is -0.325 e. The quantitative estimate of drug-likeness (QED) is 0.0543. The summed E-state index contributed by atoms with van der Waals surface area (Å²) < 4.78 is 0.823. The Morgan fingerprint density at radius 3 is 2.15 bits per heavy atom. The number of benzene rings is 5. The smallest absolute Gasteiger partial charge is 0.272 e. The number of non-ortho nitro benzene ring substituents is 1. The lowest BCUT2D eigenvalue weighted by molar-refractivity contribution is -0.384. The Labute approximate surface area is 289 Å². The maximum absolute atomic E-state index is 13.6. The Morgan fingerprint density at radius 2 is 1.50 bits per heavy atom. The predicted octanol–water partition coefficient (Wildman–Crippen LogP) is 8.55. The van der Waals surface area contributed by atoms with Crippen molar-refractivity contribution in [3.63, 3.8) is 0 Å². The molecule has 0 aliphatic heterocycles. The van der Waals surface area contributed by atoms with Crippen LogP contribution in [0.2, 0.25) is 0 Å². The topological polar surface area (TPSA) is 130 Å². The van der Waals surface area contributed by atoms with Gasteiger partial charge in [0.15, 0.2) is 0 Å². The van der Waals surface area contributed by atoms with Gasteiger partial charge in [-0.3, -0.25) is 24.5 Å². The maximum Gasteiger partial charge on any atom is 0.272 e. The van der Waals surface area contributed by atoms with Crippen molar-refractivity contribution in [2.24, 2.45) is 0 Å². The normalized spacial score (nSPS) is 11.7. The standard InChI is InChI=1S/C37H29BrN4O5S/c1-24-21-30(42(46)47)17-20-32(24)40-37(45)34(26-10-4-2-5-11-26)48-31-18-15-29(16-19-31)39-36(44)33(23-25-9-8-14-28(38)22-25)41-35(43)27-12-6-3-7-13-27/h2-23,34H,1H3,(H,39,44)(H,40,45)(H,41,43)/b33-23-. The first-order valence-corrected chi connectivity index (χ1v) is 16.4. The number of carbonyl (C=O) groups is 3. The highest BCUT2D eigenvalue weighted by Crippen LogP contribution is 2.37. The number of amides is 3. The van der Waals surface area contributed by atoms with Crippen molar-refractivity contribution >= 4 is 68.6 Å². The minimum absolute atomic E-state index is 0.0546. The molecule has 0 saturated carbocycles. The van der Waals surface area contributed by atoms with Crippen LogP contribution < -0.4 is 16.0 Å². The van der Waals surface area contributed by atoms with Crippen molar-refractivity contribution in [3.05, 3.63) is 170 Å². The summed E-state index contributed by atoms with van der Waals surface area (Å²) in [6.45, 7) is 1.70. The van der Waals surface area contributed by atoms with Crippen molar-refractivity contribution in [3.8, 4) is 0 Å². The van der Waals surface area contributed by atoms with Gasteiger partial charge in [0.1, 0.15) is 10.9 Å². The summed E-state index contributed by atoms with van der Waals surface area (Å²) in [6, 6.07) is 36.6. The largest absolute Gasteiger partial charge is 0.325 e. The summed E-state index contributed by atoms with van der Waals surface area (Å²) in [7, 11) is 0. The molecule has 0 fully saturated rings. The van der Waals surface area contributed by atoms with Crippen LogP contribution in [-0.4, -0.2) is 22.6 Å². The van der Waals surface area contributed by atoms with E-state index in [1.165, 1.54) is 30.0 Å². The summed E-state index contributed by atoms with van der Waals surface area (Å²) in [5, 5.41) is 19.0. The number of nitrogens with zero attached hydrogens (tertiary/aromatic N) is 1. The molecule has 0 bridgehead atoms. The van der Waals surface area contributed by atoms with Gasteiger partial charge in [-0.05, 0) is 84.3 Å². The summed E-state index contributed by atoms with van der Waals surface area (Å²) in [6.07, 6.45) is 1.60. The molecule has 48 heavy (non-hydrogen) atoms. The SMILES string of the molecule is Cc1cc([N+](=O)[O-])ccc1NC(=O)C(Sc1ccc(NC(=O)/C(=C/c2cccc(Br)c2)NC(=O)c2ccccc2)cc1)c1ccccc1. The van der Waals surface area contributed by atoms with Gasteiger partial charge >= 0.3 is 0 Å². The number of anilines is 2. The fourth-order valence-corrected chi connectivity index (χ4v) is 6.10. The Kier molecular flexibility index (Phi) is 11.2. The van der Waals surface area contributed by atoms with E-state index in [0.29, 0.717) is 28.1 Å². The van der Waals surface area contributed by atoms with Crippen molar-refractivity contribution in [1.82, 2.24) is 5.32 Å². The first-order valence-electron chi connectivity index (χ1n) is 14.7. The average Bonchev–Trinajstić information content (AvgIpc) is 3.09. The fraction of sp³-hybridized carbons (Fsp3) is 0.0541. The number of nitro benzene ring substituents is 1. The zero-order chi connectivity index (χ0) is 34.0. The van der Waals surface area contributed by atoms with E-state index < -0.39 is 22.0 Å². The Hall–Kier alpha value is -5.52. The number of nitro groups is 1. The summed E-state index contributed by atoms with van der Waals surface area (Å²) in [5.41, 5.74) is 3.44. The van der Waals surface area contributed by atoms with Gasteiger partial charge in [0.05, 0.1) is 4.92 Å². The molecule has 11 heteroatoms. The molecule has 3 amide bonds. The molecule has 0 heterocycles. The molecule has 0 aromatic heterocycles. The molecule has 0 aliphatic carbocycles. The fourth-order valence-electron chi connectivity index (χ4n) is 4.66. The third kappa shape index (κ3) is 9.05. The number of halogens is 1. The first kappa shape index (κ1) is 33.8. The average molecular weight is 722 g/mol. The van der Waals surface area contributed by atoms with E-state index in [0.717, 1.165) is 14.9 Å². The second kappa shape index (κ2) is 15.9.